The van der Waals surface area contributed by atoms with E-state index in [0.717, 1.165) is 21.1 Å². The lowest BCUT2D eigenvalue weighted by atomic mass is 9.86. The Labute approximate surface area is 212 Å². The second-order valence-corrected chi connectivity index (χ2v) is 10.4. The molecule has 0 saturated heterocycles. The molecule has 0 aromatic heterocycles. The highest BCUT2D eigenvalue weighted by molar-refractivity contribution is 7.87. The standard InChI is InChI=1S/C24H32ClN7O2S/c1-5-31(6-2)23(26)27-24(29-35(33,34)30(3)4)32-17-16-21(18-10-8-7-9-11-18)22(28-32)19-12-14-20(25)15-13-19/h7-15,21H,5-6,16-17H2,1-4H3,(H2,26,27,29). The Morgan fingerprint density at radius 1 is 1.11 bits per heavy atom. The summed E-state index contributed by atoms with van der Waals surface area (Å²) in [6.07, 6.45) is 0.674. The van der Waals surface area contributed by atoms with Crippen LogP contribution < -0.4 is 5.73 Å². The summed E-state index contributed by atoms with van der Waals surface area (Å²) < 4.78 is 30.4. The molecule has 1 atom stereocenters. The number of aliphatic imine (C=N–C) groups is 1. The lowest BCUT2D eigenvalue weighted by molar-refractivity contribution is 0.397. The molecule has 1 aliphatic rings. The summed E-state index contributed by atoms with van der Waals surface area (Å²) >= 11 is 6.12. The molecule has 1 unspecified atom stereocenters. The maximum Gasteiger partial charge on any atom is 0.325 e. The minimum absolute atomic E-state index is 0.00411. The van der Waals surface area contributed by atoms with Crippen molar-refractivity contribution in [3.05, 3.63) is 70.7 Å². The summed E-state index contributed by atoms with van der Waals surface area (Å²) in [5.74, 6) is 0.0987. The van der Waals surface area contributed by atoms with Crippen molar-refractivity contribution in [2.24, 2.45) is 20.2 Å². The third-order valence-corrected chi connectivity index (χ3v) is 7.29. The summed E-state index contributed by atoms with van der Waals surface area (Å²) in [6.45, 7) is 5.54. The van der Waals surface area contributed by atoms with Crippen LogP contribution in [0.5, 0.6) is 0 Å². The van der Waals surface area contributed by atoms with E-state index in [0.29, 0.717) is 31.1 Å². The maximum atomic E-state index is 12.7. The molecule has 2 aromatic rings. The molecule has 35 heavy (non-hydrogen) atoms. The Hall–Kier alpha value is -2.95. The molecule has 1 heterocycles. The zero-order valence-electron chi connectivity index (χ0n) is 20.5. The van der Waals surface area contributed by atoms with E-state index < -0.39 is 10.2 Å². The molecule has 2 aromatic carbocycles. The summed E-state index contributed by atoms with van der Waals surface area (Å²) in [6, 6.07) is 17.5. The van der Waals surface area contributed by atoms with Gasteiger partial charge in [-0.15, -0.1) is 4.40 Å². The first kappa shape index (κ1) is 26.7. The molecule has 0 saturated carbocycles. The van der Waals surface area contributed by atoms with E-state index >= 15 is 0 Å². The average molecular weight is 518 g/mol. The average Bonchev–Trinajstić information content (AvgIpc) is 2.85. The smallest absolute Gasteiger partial charge is 0.325 e. The lowest BCUT2D eigenvalue weighted by Crippen LogP contribution is -2.41. The number of hydrazone groups is 1. The number of nitrogens with two attached hydrogens (primary N) is 1. The maximum absolute atomic E-state index is 12.7. The largest absolute Gasteiger partial charge is 0.369 e. The minimum Gasteiger partial charge on any atom is -0.369 e. The molecule has 11 heteroatoms. The van der Waals surface area contributed by atoms with Crippen LogP contribution in [-0.2, 0) is 10.2 Å². The fourth-order valence-electron chi connectivity index (χ4n) is 3.70. The van der Waals surface area contributed by atoms with Gasteiger partial charge < -0.3 is 10.6 Å². The molecule has 0 fully saturated rings. The molecule has 0 amide bonds. The van der Waals surface area contributed by atoms with Gasteiger partial charge >= 0.3 is 10.2 Å². The highest BCUT2D eigenvalue weighted by Crippen LogP contribution is 2.30. The van der Waals surface area contributed by atoms with Gasteiger partial charge in [0.25, 0.3) is 5.96 Å². The summed E-state index contributed by atoms with van der Waals surface area (Å²) in [4.78, 5) is 6.23. The van der Waals surface area contributed by atoms with E-state index in [1.807, 2.05) is 61.2 Å². The molecule has 2 N–H and O–H groups in total. The first-order valence-corrected chi connectivity index (χ1v) is 13.2. The molecule has 188 valence electrons. The van der Waals surface area contributed by atoms with Crippen molar-refractivity contribution in [2.75, 3.05) is 33.7 Å². The molecule has 1 aliphatic heterocycles. The van der Waals surface area contributed by atoms with Crippen molar-refractivity contribution in [3.63, 3.8) is 0 Å². The lowest BCUT2D eigenvalue weighted by Gasteiger charge is -2.31. The van der Waals surface area contributed by atoms with Gasteiger partial charge in [0.05, 0.1) is 5.71 Å². The SMILES string of the molecule is CCN(CC)/C(N)=N/C(=N\S(=O)(=O)N(C)C)N1CCC(c2ccccc2)C(c2ccc(Cl)cc2)=N1. The quantitative estimate of drug-likeness (QED) is 0.467. The zero-order chi connectivity index (χ0) is 25.6. The predicted molar refractivity (Wildman–Crippen MR) is 143 cm³/mol. The monoisotopic (exact) mass is 517 g/mol. The first-order chi connectivity index (χ1) is 16.7. The van der Waals surface area contributed by atoms with Crippen LogP contribution in [0.25, 0.3) is 0 Å². The number of rotatable bonds is 6. The molecule has 0 spiro atoms. The topological polar surface area (TPSA) is 107 Å². The van der Waals surface area contributed by atoms with E-state index in [1.54, 1.807) is 0 Å². The Morgan fingerprint density at radius 2 is 1.74 bits per heavy atom. The molecule has 0 aliphatic carbocycles. The summed E-state index contributed by atoms with van der Waals surface area (Å²) in [5.41, 5.74) is 8.98. The third-order valence-electron chi connectivity index (χ3n) is 5.72. The van der Waals surface area contributed by atoms with E-state index in [4.69, 9.17) is 22.4 Å². The Bertz CT molecular complexity index is 1190. The van der Waals surface area contributed by atoms with Crippen LogP contribution in [0.15, 0.2) is 69.1 Å². The van der Waals surface area contributed by atoms with Gasteiger partial charge in [0.2, 0.25) is 0 Å². The molecular weight excluding hydrogens is 486 g/mol. The number of guanidine groups is 2. The van der Waals surface area contributed by atoms with Gasteiger partial charge in [-0.2, -0.15) is 22.8 Å². The van der Waals surface area contributed by atoms with Crippen LogP contribution in [0.4, 0.5) is 0 Å². The van der Waals surface area contributed by atoms with Gasteiger partial charge in [-0.05, 0) is 43.5 Å². The first-order valence-electron chi connectivity index (χ1n) is 11.4. The van der Waals surface area contributed by atoms with Gasteiger partial charge in [0.1, 0.15) is 0 Å². The van der Waals surface area contributed by atoms with Crippen molar-refractivity contribution in [3.8, 4) is 0 Å². The van der Waals surface area contributed by atoms with Crippen molar-refractivity contribution in [2.45, 2.75) is 26.2 Å². The molecule has 3 rings (SSSR count). The fraction of sp³-hybridized carbons (Fsp3) is 0.375. The van der Waals surface area contributed by atoms with Crippen molar-refractivity contribution < 1.29 is 8.42 Å². The number of halogens is 1. The van der Waals surface area contributed by atoms with Crippen LogP contribution in [0.1, 0.15) is 37.3 Å². The Kier molecular flexibility index (Phi) is 8.87. The number of hydrogen-bond acceptors (Lipinski definition) is 3. The molecule has 0 bridgehead atoms. The van der Waals surface area contributed by atoms with Crippen LogP contribution in [0.3, 0.4) is 0 Å². The zero-order valence-corrected chi connectivity index (χ0v) is 22.0. The normalized spacial score (nSPS) is 17.5. The highest BCUT2D eigenvalue weighted by atomic mass is 35.5. The van der Waals surface area contributed by atoms with Gasteiger partial charge in [-0.1, -0.05) is 54.1 Å². The number of nitrogens with zero attached hydrogens (tertiary/aromatic N) is 6. The minimum atomic E-state index is -3.97. The van der Waals surface area contributed by atoms with Crippen molar-refractivity contribution in [1.29, 1.82) is 0 Å². The number of benzene rings is 2. The van der Waals surface area contributed by atoms with Crippen LogP contribution in [-0.4, -0.2) is 74.0 Å². The van der Waals surface area contributed by atoms with Gasteiger partial charge in [0.15, 0.2) is 5.96 Å². The molecule has 9 nitrogen and oxygen atoms in total. The highest BCUT2D eigenvalue weighted by Gasteiger charge is 2.29. The third kappa shape index (κ3) is 6.59. The second-order valence-electron chi connectivity index (χ2n) is 8.16. The summed E-state index contributed by atoms with van der Waals surface area (Å²) in [7, 11) is -1.14. The Balaban J connectivity index is 2.15. The van der Waals surface area contributed by atoms with Crippen LogP contribution in [0, 0.1) is 0 Å². The van der Waals surface area contributed by atoms with E-state index in [2.05, 4.69) is 21.5 Å². The van der Waals surface area contributed by atoms with Crippen molar-refractivity contribution >= 4 is 39.4 Å². The van der Waals surface area contributed by atoms with Gasteiger partial charge in [0, 0.05) is 44.7 Å². The molecule has 0 radical (unpaired) electrons. The van der Waals surface area contributed by atoms with E-state index in [9.17, 15) is 8.42 Å². The van der Waals surface area contributed by atoms with E-state index in [1.165, 1.54) is 19.1 Å². The number of hydrogen-bond donors (Lipinski definition) is 1. The Morgan fingerprint density at radius 3 is 2.31 bits per heavy atom. The van der Waals surface area contributed by atoms with Crippen LogP contribution >= 0.6 is 11.6 Å². The summed E-state index contributed by atoms with van der Waals surface area (Å²) in [5, 5.41) is 6.99. The second kappa shape index (κ2) is 11.7. The van der Waals surface area contributed by atoms with E-state index in [-0.39, 0.29) is 17.8 Å². The van der Waals surface area contributed by atoms with Crippen LogP contribution in [0.2, 0.25) is 5.02 Å². The fourth-order valence-corrected chi connectivity index (χ4v) is 4.33. The van der Waals surface area contributed by atoms with Gasteiger partial charge in [-0.3, -0.25) is 0 Å². The molecular formula is C24H32ClN7O2S. The predicted octanol–water partition coefficient (Wildman–Crippen LogP) is 3.35. The van der Waals surface area contributed by atoms with Crippen molar-refractivity contribution in [1.82, 2.24) is 14.2 Å². The van der Waals surface area contributed by atoms with Gasteiger partial charge in [-0.25, -0.2) is 5.01 Å².